The molecule has 0 saturated heterocycles. The largest absolute Gasteiger partial charge is 0.403 e. The summed E-state index contributed by atoms with van der Waals surface area (Å²) in [7, 11) is 6.06. The van der Waals surface area contributed by atoms with Gasteiger partial charge in [-0.15, -0.1) is 0 Å². The van der Waals surface area contributed by atoms with E-state index in [1.165, 1.54) is 0 Å². The summed E-state index contributed by atoms with van der Waals surface area (Å²) in [6.45, 7) is 1.90. The summed E-state index contributed by atoms with van der Waals surface area (Å²) >= 11 is 0. The zero-order valence-electron chi connectivity index (χ0n) is 6.88. The lowest BCUT2D eigenvalue weighted by Gasteiger charge is -2.16. The number of hydrogen-bond acceptors (Lipinski definition) is 2. The lowest BCUT2D eigenvalue weighted by molar-refractivity contribution is 0.361. The second-order valence-corrected chi connectivity index (χ2v) is 3.27. The number of aryl methyl sites for hydroxylation is 1. The molecule has 0 amide bonds. The molecule has 1 aromatic rings. The van der Waals surface area contributed by atoms with Gasteiger partial charge in [-0.25, -0.2) is 4.48 Å². The van der Waals surface area contributed by atoms with E-state index in [1.807, 2.05) is 28.1 Å². The van der Waals surface area contributed by atoms with E-state index in [0.29, 0.717) is 4.48 Å². The van der Waals surface area contributed by atoms with Crippen molar-refractivity contribution in [1.29, 1.82) is 0 Å². The maximum absolute atomic E-state index is 5.31. The van der Waals surface area contributed by atoms with E-state index in [-0.39, 0.29) is 0 Å². The van der Waals surface area contributed by atoms with Crippen LogP contribution < -0.4 is 4.48 Å². The summed E-state index contributed by atoms with van der Waals surface area (Å²) in [4.78, 5) is 4.09. The number of nitrogens with zero attached hydrogens (tertiary/aromatic N) is 2. The standard InChI is InChI=1S/C7H13N2O/c1-6-5-8-7(10-6)9(2,3)4/h5H,1-4H3/q+1. The lowest BCUT2D eigenvalue weighted by atomic mass is 10.6. The van der Waals surface area contributed by atoms with E-state index in [1.54, 1.807) is 6.20 Å². The van der Waals surface area contributed by atoms with Crippen LogP contribution in [-0.4, -0.2) is 26.1 Å². The maximum atomic E-state index is 5.31. The molecule has 56 valence electrons. The molecule has 1 heterocycles. The molecule has 0 N–H and O–H groups in total. The van der Waals surface area contributed by atoms with Gasteiger partial charge in [0.15, 0.2) is 0 Å². The van der Waals surface area contributed by atoms with Crippen molar-refractivity contribution in [3.05, 3.63) is 12.0 Å². The predicted molar refractivity (Wildman–Crippen MR) is 40.8 cm³/mol. The molecule has 0 radical (unpaired) electrons. The third kappa shape index (κ3) is 1.36. The molecular formula is C7H13N2O+. The molecule has 0 bridgehead atoms. The lowest BCUT2D eigenvalue weighted by Crippen LogP contribution is -2.34. The van der Waals surface area contributed by atoms with Crippen LogP contribution in [0.25, 0.3) is 0 Å². The van der Waals surface area contributed by atoms with E-state index in [2.05, 4.69) is 4.98 Å². The smallest absolute Gasteiger partial charge is 0.401 e. The van der Waals surface area contributed by atoms with Crippen molar-refractivity contribution in [2.75, 3.05) is 21.1 Å². The highest BCUT2D eigenvalue weighted by Gasteiger charge is 2.17. The summed E-state index contributed by atoms with van der Waals surface area (Å²) in [6.07, 6.45) is 1.73. The van der Waals surface area contributed by atoms with Crippen LogP contribution in [0.3, 0.4) is 0 Å². The van der Waals surface area contributed by atoms with Crippen LogP contribution in [0.4, 0.5) is 6.01 Å². The minimum Gasteiger partial charge on any atom is -0.401 e. The number of aromatic nitrogens is 1. The molecule has 0 saturated carbocycles. The van der Waals surface area contributed by atoms with Gasteiger partial charge >= 0.3 is 6.01 Å². The molecule has 0 aliphatic heterocycles. The van der Waals surface area contributed by atoms with Gasteiger partial charge in [0.25, 0.3) is 0 Å². The molecule has 1 rings (SSSR count). The second-order valence-electron chi connectivity index (χ2n) is 3.27. The van der Waals surface area contributed by atoms with E-state index in [9.17, 15) is 0 Å². The molecule has 0 fully saturated rings. The van der Waals surface area contributed by atoms with Gasteiger partial charge in [0.1, 0.15) is 5.76 Å². The van der Waals surface area contributed by atoms with Gasteiger partial charge in [0, 0.05) is 0 Å². The Morgan fingerprint density at radius 2 is 2.00 bits per heavy atom. The maximum Gasteiger partial charge on any atom is 0.403 e. The number of oxazole rings is 1. The molecule has 10 heavy (non-hydrogen) atoms. The van der Waals surface area contributed by atoms with Crippen LogP contribution in [0.15, 0.2) is 10.6 Å². The molecule has 3 heteroatoms. The molecule has 0 aliphatic carbocycles. The third-order valence-corrected chi connectivity index (χ3v) is 1.18. The molecule has 0 atom stereocenters. The Labute approximate surface area is 60.9 Å². The zero-order chi connectivity index (χ0) is 7.78. The van der Waals surface area contributed by atoms with Gasteiger partial charge in [-0.3, -0.25) is 0 Å². The minimum absolute atomic E-state index is 0.633. The number of rotatable bonds is 1. The van der Waals surface area contributed by atoms with Crippen LogP contribution in [-0.2, 0) is 0 Å². The summed E-state index contributed by atoms with van der Waals surface area (Å²) < 4.78 is 5.94. The quantitative estimate of drug-likeness (QED) is 0.549. The highest BCUT2D eigenvalue weighted by atomic mass is 16.4. The first-order valence-electron chi connectivity index (χ1n) is 3.24. The molecule has 0 aromatic carbocycles. The normalized spacial score (nSPS) is 12.0. The van der Waals surface area contributed by atoms with Crippen molar-refractivity contribution in [2.24, 2.45) is 0 Å². The topological polar surface area (TPSA) is 26.0 Å². The van der Waals surface area contributed by atoms with Gasteiger partial charge in [0.2, 0.25) is 0 Å². The van der Waals surface area contributed by atoms with Gasteiger partial charge in [0.05, 0.1) is 27.3 Å². The Kier molecular flexibility index (Phi) is 1.52. The Bertz CT molecular complexity index is 222. The number of quaternary nitrogens is 1. The zero-order valence-corrected chi connectivity index (χ0v) is 6.88. The Morgan fingerprint density at radius 1 is 1.40 bits per heavy atom. The average molecular weight is 141 g/mol. The fourth-order valence-electron chi connectivity index (χ4n) is 0.653. The third-order valence-electron chi connectivity index (χ3n) is 1.18. The molecule has 0 spiro atoms. The Balaban J connectivity index is 2.96. The Morgan fingerprint density at radius 3 is 2.20 bits per heavy atom. The summed E-state index contributed by atoms with van der Waals surface area (Å²) in [5, 5.41) is 0. The molecular weight excluding hydrogens is 128 g/mol. The van der Waals surface area contributed by atoms with Gasteiger partial charge in [-0.1, -0.05) is 0 Å². The monoisotopic (exact) mass is 141 g/mol. The van der Waals surface area contributed by atoms with E-state index >= 15 is 0 Å². The molecule has 0 unspecified atom stereocenters. The van der Waals surface area contributed by atoms with Crippen LogP contribution in [0, 0.1) is 6.92 Å². The fourth-order valence-corrected chi connectivity index (χ4v) is 0.653. The van der Waals surface area contributed by atoms with Gasteiger partial charge in [-0.2, -0.15) is 4.98 Å². The Hall–Kier alpha value is -0.830. The van der Waals surface area contributed by atoms with Crippen LogP contribution in [0.1, 0.15) is 5.76 Å². The van der Waals surface area contributed by atoms with Gasteiger partial charge in [-0.05, 0) is 6.92 Å². The SMILES string of the molecule is Cc1cnc([N+](C)(C)C)o1. The van der Waals surface area contributed by atoms with Crippen molar-refractivity contribution >= 4 is 6.01 Å². The van der Waals surface area contributed by atoms with E-state index in [4.69, 9.17) is 4.42 Å². The first-order valence-corrected chi connectivity index (χ1v) is 3.24. The second kappa shape index (κ2) is 2.09. The van der Waals surface area contributed by atoms with E-state index < -0.39 is 0 Å². The minimum atomic E-state index is 0.633. The summed E-state index contributed by atoms with van der Waals surface area (Å²) in [6, 6.07) is 0.748. The van der Waals surface area contributed by atoms with Crippen LogP contribution in [0.5, 0.6) is 0 Å². The molecule has 1 aromatic heterocycles. The van der Waals surface area contributed by atoms with E-state index in [0.717, 1.165) is 11.8 Å². The first-order chi connectivity index (χ1) is 4.50. The van der Waals surface area contributed by atoms with Gasteiger partial charge < -0.3 is 4.42 Å². The summed E-state index contributed by atoms with van der Waals surface area (Å²) in [5.74, 6) is 0.864. The highest BCUT2D eigenvalue weighted by Crippen LogP contribution is 2.14. The van der Waals surface area contributed by atoms with Crippen LogP contribution >= 0.6 is 0 Å². The average Bonchev–Trinajstić information content (AvgIpc) is 2.11. The molecule has 3 nitrogen and oxygen atoms in total. The van der Waals surface area contributed by atoms with Crippen molar-refractivity contribution in [3.8, 4) is 0 Å². The van der Waals surface area contributed by atoms with Crippen LogP contribution in [0.2, 0.25) is 0 Å². The van der Waals surface area contributed by atoms with Crippen molar-refractivity contribution in [2.45, 2.75) is 6.92 Å². The van der Waals surface area contributed by atoms with Crippen molar-refractivity contribution in [3.63, 3.8) is 0 Å². The first kappa shape index (κ1) is 7.28. The van der Waals surface area contributed by atoms with Crippen molar-refractivity contribution in [1.82, 2.24) is 9.47 Å². The number of hydrogen-bond donors (Lipinski definition) is 0. The van der Waals surface area contributed by atoms with Crippen molar-refractivity contribution < 1.29 is 4.42 Å². The highest BCUT2D eigenvalue weighted by molar-refractivity contribution is 5.17. The summed E-state index contributed by atoms with van der Waals surface area (Å²) in [5.41, 5.74) is 0. The molecule has 0 aliphatic rings. The predicted octanol–water partition coefficient (Wildman–Crippen LogP) is 1.18. The fraction of sp³-hybridized carbons (Fsp3) is 0.571.